The minimum Gasteiger partial charge on any atom is -0.493 e. The molecule has 0 spiro atoms. The molecule has 1 saturated heterocycles. The van der Waals surface area contributed by atoms with Gasteiger partial charge in [0.25, 0.3) is 5.91 Å². The maximum absolute atomic E-state index is 12.6. The molecule has 0 unspecified atom stereocenters. The molecule has 1 aromatic carbocycles. The van der Waals surface area contributed by atoms with Crippen LogP contribution in [0.1, 0.15) is 13.3 Å². The fourth-order valence-electron chi connectivity index (χ4n) is 2.43. The van der Waals surface area contributed by atoms with Gasteiger partial charge in [-0.15, -0.1) is 0 Å². The predicted octanol–water partition coefficient (Wildman–Crippen LogP) is 1.15. The summed E-state index contributed by atoms with van der Waals surface area (Å²) in [6.45, 7) is 4.15. The summed E-state index contributed by atoms with van der Waals surface area (Å²) < 4.78 is 11.1. The van der Waals surface area contributed by atoms with E-state index in [1.807, 2.05) is 19.1 Å². The Bertz CT molecular complexity index is 513. The van der Waals surface area contributed by atoms with Gasteiger partial charge in [0.1, 0.15) is 0 Å². The van der Waals surface area contributed by atoms with Crippen LogP contribution in [0.5, 0.6) is 11.5 Å². The van der Waals surface area contributed by atoms with E-state index in [0.717, 1.165) is 6.41 Å². The van der Waals surface area contributed by atoms with Crippen LogP contribution in [-0.2, 0) is 9.59 Å². The van der Waals surface area contributed by atoms with Gasteiger partial charge in [-0.1, -0.05) is 19.1 Å². The maximum Gasteiger partial charge on any atom is 0.263 e. The summed E-state index contributed by atoms with van der Waals surface area (Å²) in [5.41, 5.74) is 0. The van der Waals surface area contributed by atoms with Crippen LogP contribution in [0.2, 0.25) is 0 Å². The summed E-state index contributed by atoms with van der Waals surface area (Å²) in [4.78, 5) is 26.7. The van der Waals surface area contributed by atoms with E-state index < -0.39 is 6.10 Å². The maximum atomic E-state index is 12.6. The van der Waals surface area contributed by atoms with E-state index in [4.69, 9.17) is 9.47 Å². The Hall–Kier alpha value is -2.24. The van der Waals surface area contributed by atoms with Crippen LogP contribution in [0.15, 0.2) is 24.3 Å². The van der Waals surface area contributed by atoms with Crippen molar-refractivity contribution < 1.29 is 19.1 Å². The van der Waals surface area contributed by atoms with E-state index in [9.17, 15) is 9.59 Å². The molecule has 6 heteroatoms. The molecule has 0 aliphatic carbocycles. The zero-order valence-electron chi connectivity index (χ0n) is 13.0. The third-order valence-electron chi connectivity index (χ3n) is 3.76. The first-order chi connectivity index (χ1) is 10.7. The van der Waals surface area contributed by atoms with Crippen molar-refractivity contribution in [1.29, 1.82) is 0 Å². The van der Waals surface area contributed by atoms with Crippen molar-refractivity contribution in [3.8, 4) is 11.5 Å². The molecule has 22 heavy (non-hydrogen) atoms. The van der Waals surface area contributed by atoms with Crippen LogP contribution in [-0.4, -0.2) is 61.5 Å². The van der Waals surface area contributed by atoms with E-state index in [2.05, 4.69) is 0 Å². The van der Waals surface area contributed by atoms with Gasteiger partial charge in [-0.05, 0) is 18.6 Å². The van der Waals surface area contributed by atoms with Gasteiger partial charge in [0.2, 0.25) is 6.41 Å². The number of methoxy groups -OCH3 is 1. The molecule has 0 saturated carbocycles. The molecule has 1 fully saturated rings. The van der Waals surface area contributed by atoms with Crippen molar-refractivity contribution in [3.63, 3.8) is 0 Å². The van der Waals surface area contributed by atoms with Gasteiger partial charge in [0.05, 0.1) is 7.11 Å². The first kappa shape index (κ1) is 16.1. The SMILES string of the molecule is CC[C@H](Oc1ccccc1OC)C(=O)N1CCN(C=O)CC1. The summed E-state index contributed by atoms with van der Waals surface area (Å²) in [6, 6.07) is 7.29. The Labute approximate surface area is 130 Å². The third kappa shape index (κ3) is 3.69. The summed E-state index contributed by atoms with van der Waals surface area (Å²) in [7, 11) is 1.57. The third-order valence-corrected chi connectivity index (χ3v) is 3.76. The van der Waals surface area contributed by atoms with Crippen molar-refractivity contribution in [2.24, 2.45) is 0 Å². The zero-order valence-corrected chi connectivity index (χ0v) is 13.0. The van der Waals surface area contributed by atoms with Crippen molar-refractivity contribution in [1.82, 2.24) is 9.80 Å². The topological polar surface area (TPSA) is 59.1 Å². The second-order valence-corrected chi connectivity index (χ2v) is 5.13. The van der Waals surface area contributed by atoms with Crippen molar-refractivity contribution in [3.05, 3.63) is 24.3 Å². The van der Waals surface area contributed by atoms with Crippen LogP contribution < -0.4 is 9.47 Å². The van der Waals surface area contributed by atoms with Crippen molar-refractivity contribution in [2.75, 3.05) is 33.3 Å². The predicted molar refractivity (Wildman–Crippen MR) is 81.9 cm³/mol. The highest BCUT2D eigenvalue weighted by Crippen LogP contribution is 2.27. The van der Waals surface area contributed by atoms with Crippen LogP contribution in [0.4, 0.5) is 0 Å². The standard InChI is InChI=1S/C16H22N2O4/c1-3-13(22-15-7-5-4-6-14(15)21-2)16(20)18-10-8-17(12-19)9-11-18/h4-7,12-13H,3,8-11H2,1-2H3/t13-/m0/s1. The molecular formula is C16H22N2O4. The molecule has 1 atom stereocenters. The van der Waals surface area contributed by atoms with Crippen LogP contribution >= 0.6 is 0 Å². The number of piperazine rings is 1. The molecule has 1 aliphatic heterocycles. The molecule has 0 aromatic heterocycles. The highest BCUT2D eigenvalue weighted by atomic mass is 16.5. The number of amides is 2. The number of ether oxygens (including phenoxy) is 2. The van der Waals surface area contributed by atoms with Crippen molar-refractivity contribution >= 4 is 12.3 Å². The molecule has 0 N–H and O–H groups in total. The van der Waals surface area contributed by atoms with E-state index >= 15 is 0 Å². The molecule has 1 aliphatic rings. The average Bonchev–Trinajstić information content (AvgIpc) is 2.59. The summed E-state index contributed by atoms with van der Waals surface area (Å²) in [6.07, 6.45) is 0.856. The summed E-state index contributed by atoms with van der Waals surface area (Å²) >= 11 is 0. The molecule has 6 nitrogen and oxygen atoms in total. The van der Waals surface area contributed by atoms with E-state index in [-0.39, 0.29) is 5.91 Å². The number of carbonyl (C=O) groups is 2. The average molecular weight is 306 g/mol. The highest BCUT2D eigenvalue weighted by molar-refractivity contribution is 5.81. The number of benzene rings is 1. The molecular weight excluding hydrogens is 284 g/mol. The number of nitrogens with zero attached hydrogens (tertiary/aromatic N) is 2. The van der Waals surface area contributed by atoms with Gasteiger partial charge in [0, 0.05) is 26.2 Å². The van der Waals surface area contributed by atoms with Crippen LogP contribution in [0, 0.1) is 0 Å². The lowest BCUT2D eigenvalue weighted by Gasteiger charge is -2.34. The number of carbonyl (C=O) groups excluding carboxylic acids is 2. The second-order valence-electron chi connectivity index (χ2n) is 5.13. The first-order valence-corrected chi connectivity index (χ1v) is 7.47. The second kappa shape index (κ2) is 7.68. The molecule has 1 heterocycles. The van der Waals surface area contributed by atoms with Gasteiger partial charge in [0.15, 0.2) is 17.6 Å². The monoisotopic (exact) mass is 306 g/mol. The minimum absolute atomic E-state index is 0.0426. The quantitative estimate of drug-likeness (QED) is 0.740. The summed E-state index contributed by atoms with van der Waals surface area (Å²) in [5.74, 6) is 1.13. The van der Waals surface area contributed by atoms with Crippen LogP contribution in [0.25, 0.3) is 0 Å². The van der Waals surface area contributed by atoms with Gasteiger partial charge in [-0.2, -0.15) is 0 Å². The number of hydrogen-bond donors (Lipinski definition) is 0. The lowest BCUT2D eigenvalue weighted by Crippen LogP contribution is -2.51. The van der Waals surface area contributed by atoms with Gasteiger partial charge < -0.3 is 19.3 Å². The van der Waals surface area contributed by atoms with Gasteiger partial charge in [-0.3, -0.25) is 9.59 Å². The Kier molecular flexibility index (Phi) is 5.63. The van der Waals surface area contributed by atoms with Gasteiger partial charge in [-0.25, -0.2) is 0 Å². The van der Waals surface area contributed by atoms with E-state index in [1.165, 1.54) is 0 Å². The zero-order chi connectivity index (χ0) is 15.9. The fraction of sp³-hybridized carbons (Fsp3) is 0.500. The molecule has 0 bridgehead atoms. The Morgan fingerprint density at radius 2 is 1.86 bits per heavy atom. The van der Waals surface area contributed by atoms with Crippen LogP contribution in [0.3, 0.4) is 0 Å². The molecule has 2 rings (SSSR count). The highest BCUT2D eigenvalue weighted by Gasteiger charge is 2.28. The lowest BCUT2D eigenvalue weighted by atomic mass is 10.2. The Morgan fingerprint density at radius 1 is 1.23 bits per heavy atom. The lowest BCUT2D eigenvalue weighted by molar-refractivity contribution is -0.142. The Morgan fingerprint density at radius 3 is 2.41 bits per heavy atom. The normalized spacial score (nSPS) is 16.1. The molecule has 2 amide bonds. The summed E-state index contributed by atoms with van der Waals surface area (Å²) in [5, 5.41) is 0. The van der Waals surface area contributed by atoms with Crippen molar-refractivity contribution in [2.45, 2.75) is 19.4 Å². The molecule has 120 valence electrons. The number of para-hydroxylation sites is 2. The number of hydrogen-bond acceptors (Lipinski definition) is 4. The number of rotatable bonds is 6. The smallest absolute Gasteiger partial charge is 0.263 e. The molecule has 1 aromatic rings. The van der Waals surface area contributed by atoms with E-state index in [1.54, 1.807) is 29.0 Å². The fourth-order valence-corrected chi connectivity index (χ4v) is 2.43. The first-order valence-electron chi connectivity index (χ1n) is 7.47. The Balaban J connectivity index is 2.02. The van der Waals surface area contributed by atoms with E-state index in [0.29, 0.717) is 44.1 Å². The molecule has 0 radical (unpaired) electrons. The van der Waals surface area contributed by atoms with Gasteiger partial charge >= 0.3 is 0 Å². The largest absolute Gasteiger partial charge is 0.493 e. The minimum atomic E-state index is -0.543.